The number of nitrogens with zero attached hydrogens (tertiary/aromatic N) is 2. The average Bonchev–Trinajstić information content (AvgIpc) is 2.91. The molecule has 0 aliphatic carbocycles. The summed E-state index contributed by atoms with van der Waals surface area (Å²) in [6.45, 7) is 4.16. The molecule has 24 heavy (non-hydrogen) atoms. The van der Waals surface area contributed by atoms with Gasteiger partial charge in [-0.2, -0.15) is 5.10 Å². The Kier molecular flexibility index (Phi) is 5.89. The molecule has 1 aromatic heterocycles. The SMILES string of the molecule is CC(C)C(NC(=O)NCCc1ccnn1C)c1ccc(F)cc1F. The molecule has 1 unspecified atom stereocenters. The lowest BCUT2D eigenvalue weighted by Crippen LogP contribution is -2.40. The van der Waals surface area contributed by atoms with Gasteiger partial charge in [-0.25, -0.2) is 13.6 Å². The van der Waals surface area contributed by atoms with Crippen LogP contribution >= 0.6 is 0 Å². The molecule has 2 N–H and O–H groups in total. The van der Waals surface area contributed by atoms with Crippen molar-refractivity contribution in [2.75, 3.05) is 6.54 Å². The fraction of sp³-hybridized carbons (Fsp3) is 0.412. The molecule has 0 saturated heterocycles. The van der Waals surface area contributed by atoms with Crippen LogP contribution in [0.15, 0.2) is 30.5 Å². The fourth-order valence-corrected chi connectivity index (χ4v) is 2.50. The summed E-state index contributed by atoms with van der Waals surface area (Å²) in [6.07, 6.45) is 2.34. The Morgan fingerprint density at radius 1 is 1.29 bits per heavy atom. The Labute approximate surface area is 140 Å². The Balaban J connectivity index is 1.95. The molecule has 5 nitrogen and oxygen atoms in total. The molecule has 7 heteroatoms. The zero-order valence-corrected chi connectivity index (χ0v) is 14.0. The van der Waals surface area contributed by atoms with Gasteiger partial charge in [0.25, 0.3) is 0 Å². The second-order valence-electron chi connectivity index (χ2n) is 5.98. The number of aryl methyl sites for hydroxylation is 1. The number of urea groups is 1. The number of hydrogen-bond donors (Lipinski definition) is 2. The zero-order valence-electron chi connectivity index (χ0n) is 14.0. The van der Waals surface area contributed by atoms with Crippen molar-refractivity contribution in [1.29, 1.82) is 0 Å². The van der Waals surface area contributed by atoms with E-state index in [-0.39, 0.29) is 17.5 Å². The van der Waals surface area contributed by atoms with E-state index in [1.165, 1.54) is 12.1 Å². The van der Waals surface area contributed by atoms with Crippen molar-refractivity contribution >= 4 is 6.03 Å². The molecule has 0 saturated carbocycles. The predicted octanol–water partition coefficient (Wildman–Crippen LogP) is 2.94. The van der Waals surface area contributed by atoms with Crippen LogP contribution in [0.25, 0.3) is 0 Å². The quantitative estimate of drug-likeness (QED) is 0.852. The fourth-order valence-electron chi connectivity index (χ4n) is 2.50. The van der Waals surface area contributed by atoms with Crippen LogP contribution in [0.1, 0.15) is 31.1 Å². The molecule has 2 aromatic rings. The van der Waals surface area contributed by atoms with Gasteiger partial charge in [-0.05, 0) is 18.1 Å². The number of amides is 2. The van der Waals surface area contributed by atoms with Crippen molar-refractivity contribution in [3.05, 3.63) is 53.4 Å². The molecular weight excluding hydrogens is 314 g/mol. The number of aromatic nitrogens is 2. The lowest BCUT2D eigenvalue weighted by Gasteiger charge is -2.23. The predicted molar refractivity (Wildman–Crippen MR) is 87.4 cm³/mol. The molecule has 2 amide bonds. The van der Waals surface area contributed by atoms with E-state index >= 15 is 0 Å². The number of carbonyl (C=O) groups excluding carboxylic acids is 1. The molecule has 0 radical (unpaired) electrons. The Morgan fingerprint density at radius 2 is 2.04 bits per heavy atom. The molecule has 1 aromatic carbocycles. The molecule has 0 bridgehead atoms. The lowest BCUT2D eigenvalue weighted by atomic mass is 9.95. The highest BCUT2D eigenvalue weighted by atomic mass is 19.1. The first-order valence-electron chi connectivity index (χ1n) is 7.84. The summed E-state index contributed by atoms with van der Waals surface area (Å²) in [7, 11) is 1.83. The summed E-state index contributed by atoms with van der Waals surface area (Å²) in [5.74, 6) is -1.35. The third-order valence-electron chi connectivity index (χ3n) is 3.84. The lowest BCUT2D eigenvalue weighted by molar-refractivity contribution is 0.232. The van der Waals surface area contributed by atoms with E-state index in [0.29, 0.717) is 13.0 Å². The Bertz CT molecular complexity index is 700. The van der Waals surface area contributed by atoms with Crippen LogP contribution in [0.4, 0.5) is 13.6 Å². The van der Waals surface area contributed by atoms with Crippen molar-refractivity contribution < 1.29 is 13.6 Å². The van der Waals surface area contributed by atoms with Gasteiger partial charge in [0.2, 0.25) is 0 Å². The number of benzene rings is 1. The Hall–Kier alpha value is -2.44. The first kappa shape index (κ1) is 17.9. The standard InChI is InChI=1S/C17H22F2N4O/c1-11(2)16(14-5-4-12(18)10-15(14)19)22-17(24)20-8-6-13-7-9-21-23(13)3/h4-5,7,9-11,16H,6,8H2,1-3H3,(H2,20,22,24). The van der Waals surface area contributed by atoms with Crippen molar-refractivity contribution in [2.24, 2.45) is 13.0 Å². The minimum Gasteiger partial charge on any atom is -0.338 e. The minimum atomic E-state index is -0.663. The molecule has 2 rings (SSSR count). The van der Waals surface area contributed by atoms with Crippen molar-refractivity contribution in [1.82, 2.24) is 20.4 Å². The van der Waals surface area contributed by atoms with E-state index in [2.05, 4.69) is 15.7 Å². The maximum absolute atomic E-state index is 14.0. The van der Waals surface area contributed by atoms with E-state index in [1.54, 1.807) is 10.9 Å². The van der Waals surface area contributed by atoms with Gasteiger partial charge in [0.05, 0.1) is 6.04 Å². The van der Waals surface area contributed by atoms with Crippen LogP contribution in [0, 0.1) is 17.6 Å². The van der Waals surface area contributed by atoms with E-state index < -0.39 is 17.7 Å². The zero-order chi connectivity index (χ0) is 17.7. The molecule has 0 spiro atoms. The number of nitrogens with one attached hydrogen (secondary N) is 2. The van der Waals surface area contributed by atoms with Crippen LogP contribution in [-0.2, 0) is 13.5 Å². The second-order valence-corrected chi connectivity index (χ2v) is 5.98. The van der Waals surface area contributed by atoms with Crippen LogP contribution in [0.3, 0.4) is 0 Å². The maximum atomic E-state index is 14.0. The highest BCUT2D eigenvalue weighted by Crippen LogP contribution is 2.24. The van der Waals surface area contributed by atoms with Crippen molar-refractivity contribution in [2.45, 2.75) is 26.3 Å². The molecular formula is C17H22F2N4O. The number of carbonyl (C=O) groups is 1. The van der Waals surface area contributed by atoms with Gasteiger partial charge >= 0.3 is 6.03 Å². The summed E-state index contributed by atoms with van der Waals surface area (Å²) < 4.78 is 28.8. The number of rotatable bonds is 6. The minimum absolute atomic E-state index is 0.0483. The van der Waals surface area contributed by atoms with Crippen LogP contribution < -0.4 is 10.6 Å². The molecule has 1 atom stereocenters. The number of halogens is 2. The van der Waals surface area contributed by atoms with Crippen LogP contribution in [0.5, 0.6) is 0 Å². The molecule has 0 aliphatic rings. The van der Waals surface area contributed by atoms with Gasteiger partial charge < -0.3 is 10.6 Å². The van der Waals surface area contributed by atoms with E-state index in [9.17, 15) is 13.6 Å². The van der Waals surface area contributed by atoms with Crippen molar-refractivity contribution in [3.8, 4) is 0 Å². The summed E-state index contributed by atoms with van der Waals surface area (Å²) >= 11 is 0. The summed E-state index contributed by atoms with van der Waals surface area (Å²) in [4.78, 5) is 12.1. The molecule has 0 aliphatic heterocycles. The van der Waals surface area contributed by atoms with E-state index in [0.717, 1.165) is 11.8 Å². The monoisotopic (exact) mass is 336 g/mol. The average molecular weight is 336 g/mol. The van der Waals surface area contributed by atoms with Gasteiger partial charge in [0.15, 0.2) is 0 Å². The van der Waals surface area contributed by atoms with Crippen molar-refractivity contribution in [3.63, 3.8) is 0 Å². The topological polar surface area (TPSA) is 59.0 Å². The van der Waals surface area contributed by atoms with Gasteiger partial charge in [-0.1, -0.05) is 19.9 Å². The molecule has 0 fully saturated rings. The summed E-state index contributed by atoms with van der Waals surface area (Å²) in [5.41, 5.74) is 1.27. The van der Waals surface area contributed by atoms with E-state index in [1.807, 2.05) is 27.0 Å². The number of hydrogen-bond acceptors (Lipinski definition) is 2. The van der Waals surface area contributed by atoms with Crippen LogP contribution in [-0.4, -0.2) is 22.4 Å². The third kappa shape index (κ3) is 4.53. The highest BCUT2D eigenvalue weighted by Gasteiger charge is 2.21. The Morgan fingerprint density at radius 3 is 2.62 bits per heavy atom. The van der Waals surface area contributed by atoms with Crippen LogP contribution in [0.2, 0.25) is 0 Å². The maximum Gasteiger partial charge on any atom is 0.315 e. The second kappa shape index (κ2) is 7.90. The first-order chi connectivity index (χ1) is 11.4. The smallest absolute Gasteiger partial charge is 0.315 e. The van der Waals surface area contributed by atoms with Gasteiger partial charge in [-0.15, -0.1) is 0 Å². The normalized spacial score (nSPS) is 12.2. The van der Waals surface area contributed by atoms with E-state index in [4.69, 9.17) is 0 Å². The summed E-state index contributed by atoms with van der Waals surface area (Å²) in [5, 5.41) is 9.56. The van der Waals surface area contributed by atoms with Gasteiger partial charge in [0.1, 0.15) is 11.6 Å². The molecule has 1 heterocycles. The summed E-state index contributed by atoms with van der Waals surface area (Å²) in [6, 6.07) is 4.33. The third-order valence-corrected chi connectivity index (χ3v) is 3.84. The van der Waals surface area contributed by atoms with Gasteiger partial charge in [0, 0.05) is 43.5 Å². The first-order valence-corrected chi connectivity index (χ1v) is 7.84. The molecule has 130 valence electrons. The largest absolute Gasteiger partial charge is 0.338 e. The van der Waals surface area contributed by atoms with Gasteiger partial charge in [-0.3, -0.25) is 4.68 Å². The highest BCUT2D eigenvalue weighted by molar-refractivity contribution is 5.74.